The van der Waals surface area contributed by atoms with E-state index in [-0.39, 0.29) is 34.9 Å². The van der Waals surface area contributed by atoms with E-state index in [1.54, 1.807) is 11.9 Å². The van der Waals surface area contributed by atoms with Gasteiger partial charge in [-0.1, -0.05) is 11.6 Å². The fraction of sp³-hybridized carbons (Fsp3) is 0.500. The molecule has 0 radical (unpaired) electrons. The quantitative estimate of drug-likeness (QED) is 0.542. The minimum Gasteiger partial charge on any atom is -0.377 e. The number of benzene rings is 1. The van der Waals surface area contributed by atoms with Crippen LogP contribution in [0.4, 0.5) is 8.78 Å². The van der Waals surface area contributed by atoms with Crippen molar-refractivity contribution in [3.05, 3.63) is 50.5 Å². The smallest absolute Gasteiger partial charge is 0.228 e. The van der Waals surface area contributed by atoms with Gasteiger partial charge in [0.25, 0.3) is 0 Å². The SMILES string of the molecule is CN(C(=O)Cc1c2n(c(=S)n1C)C[C@@]1(c3c(F)ccc(Cl)c3F)CC21)C1COC1. The molecule has 2 aromatic rings. The molecule has 0 N–H and O–H groups in total. The maximum Gasteiger partial charge on any atom is 0.228 e. The standard InChI is InChI=1S/C20H20ClF2N3O2S/c1-24(10-7-28-8-10)15(27)5-14-18-11-6-20(11,9-26(18)19(29)25(14)2)16-13(22)4-3-12(21)17(16)23/h3-4,10-11H,5-9H2,1-2H3/t11?,20-/m0/s1. The first kappa shape index (κ1) is 19.2. The van der Waals surface area contributed by atoms with Crippen molar-refractivity contribution in [1.29, 1.82) is 0 Å². The van der Waals surface area contributed by atoms with E-state index in [2.05, 4.69) is 0 Å². The van der Waals surface area contributed by atoms with Crippen LogP contribution in [0.15, 0.2) is 12.1 Å². The van der Waals surface area contributed by atoms with E-state index in [0.29, 0.717) is 31.0 Å². The predicted octanol–water partition coefficient (Wildman–Crippen LogP) is 3.33. The summed E-state index contributed by atoms with van der Waals surface area (Å²) >= 11 is 11.5. The lowest BCUT2D eigenvalue weighted by atomic mass is 9.92. The van der Waals surface area contributed by atoms with Crippen LogP contribution in [0, 0.1) is 16.4 Å². The molecule has 2 aliphatic heterocycles. The number of likely N-dealkylation sites (N-methyl/N-ethyl adjacent to an activating group) is 1. The number of amides is 1. The maximum atomic E-state index is 14.8. The minimum atomic E-state index is -0.697. The molecule has 29 heavy (non-hydrogen) atoms. The van der Waals surface area contributed by atoms with Gasteiger partial charge in [-0.15, -0.1) is 0 Å². The Morgan fingerprint density at radius 2 is 2.14 bits per heavy atom. The van der Waals surface area contributed by atoms with Gasteiger partial charge in [-0.3, -0.25) is 4.79 Å². The minimum absolute atomic E-state index is 0.0180. The molecule has 5 nitrogen and oxygen atoms in total. The predicted molar refractivity (Wildman–Crippen MR) is 106 cm³/mol. The molecule has 1 saturated heterocycles. The van der Waals surface area contributed by atoms with Gasteiger partial charge in [0.2, 0.25) is 5.91 Å². The summed E-state index contributed by atoms with van der Waals surface area (Å²) in [6.45, 7) is 1.50. The van der Waals surface area contributed by atoms with Gasteiger partial charge in [-0.25, -0.2) is 8.78 Å². The third-order valence-electron chi connectivity index (χ3n) is 6.78. The summed E-state index contributed by atoms with van der Waals surface area (Å²) < 4.78 is 38.9. The van der Waals surface area contributed by atoms with Crippen LogP contribution in [-0.4, -0.2) is 46.2 Å². The average Bonchev–Trinajstić information content (AvgIpc) is 3.18. The molecule has 1 unspecified atom stereocenters. The van der Waals surface area contributed by atoms with Crippen molar-refractivity contribution in [3.63, 3.8) is 0 Å². The van der Waals surface area contributed by atoms with Gasteiger partial charge >= 0.3 is 0 Å². The molecule has 1 amide bonds. The van der Waals surface area contributed by atoms with E-state index < -0.39 is 17.0 Å². The van der Waals surface area contributed by atoms with Crippen LogP contribution in [0.3, 0.4) is 0 Å². The molecule has 1 aliphatic carbocycles. The number of nitrogens with zero attached hydrogens (tertiary/aromatic N) is 3. The van der Waals surface area contributed by atoms with Gasteiger partial charge in [0.1, 0.15) is 11.6 Å². The first-order valence-electron chi connectivity index (χ1n) is 9.52. The van der Waals surface area contributed by atoms with Crippen molar-refractivity contribution < 1.29 is 18.3 Å². The number of fused-ring (bicyclic) bond motifs is 3. The van der Waals surface area contributed by atoms with Gasteiger partial charge in [-0.2, -0.15) is 0 Å². The Bertz CT molecular complexity index is 1110. The second-order valence-corrected chi connectivity index (χ2v) is 9.04. The maximum absolute atomic E-state index is 14.8. The summed E-state index contributed by atoms with van der Waals surface area (Å²) in [7, 11) is 3.62. The van der Waals surface area contributed by atoms with Crippen molar-refractivity contribution in [3.8, 4) is 0 Å². The molecule has 0 spiro atoms. The van der Waals surface area contributed by atoms with Crippen LogP contribution in [0.1, 0.15) is 29.3 Å². The zero-order chi connectivity index (χ0) is 20.7. The molecule has 9 heteroatoms. The number of rotatable bonds is 4. The zero-order valence-electron chi connectivity index (χ0n) is 16.0. The monoisotopic (exact) mass is 439 g/mol. The molecule has 154 valence electrons. The highest BCUT2D eigenvalue weighted by atomic mass is 35.5. The van der Waals surface area contributed by atoms with Gasteiger partial charge in [-0.05, 0) is 30.8 Å². The van der Waals surface area contributed by atoms with Gasteiger partial charge in [0.05, 0.1) is 30.7 Å². The van der Waals surface area contributed by atoms with Crippen LogP contribution < -0.4 is 0 Å². The molecule has 3 aliphatic rings. The van der Waals surface area contributed by atoms with E-state index in [1.807, 2.05) is 16.2 Å². The Morgan fingerprint density at radius 1 is 1.41 bits per heavy atom. The van der Waals surface area contributed by atoms with E-state index in [4.69, 9.17) is 28.6 Å². The number of carbonyl (C=O) groups is 1. The molecular formula is C20H20ClF2N3O2S. The molecule has 2 fully saturated rings. The molecule has 1 aromatic carbocycles. The van der Waals surface area contributed by atoms with Crippen molar-refractivity contribution in [1.82, 2.24) is 14.0 Å². The van der Waals surface area contributed by atoms with E-state index in [9.17, 15) is 13.6 Å². The summed E-state index contributed by atoms with van der Waals surface area (Å²) in [6, 6.07) is 2.55. The second kappa shape index (κ2) is 6.36. The van der Waals surface area contributed by atoms with Crippen LogP contribution in [0.25, 0.3) is 0 Å². The van der Waals surface area contributed by atoms with Crippen LogP contribution >= 0.6 is 23.8 Å². The molecular weight excluding hydrogens is 420 g/mol. The third-order valence-corrected chi connectivity index (χ3v) is 7.56. The van der Waals surface area contributed by atoms with E-state index in [1.165, 1.54) is 12.1 Å². The van der Waals surface area contributed by atoms with Crippen molar-refractivity contribution in [2.24, 2.45) is 7.05 Å². The number of halogens is 3. The van der Waals surface area contributed by atoms with Crippen LogP contribution in [-0.2, 0) is 35.0 Å². The number of aromatic nitrogens is 2. The lowest BCUT2D eigenvalue weighted by molar-refractivity contribution is -0.141. The highest BCUT2D eigenvalue weighted by molar-refractivity contribution is 7.71. The number of carbonyl (C=O) groups excluding carboxylic acids is 1. The van der Waals surface area contributed by atoms with E-state index in [0.717, 1.165) is 11.4 Å². The summed E-state index contributed by atoms with van der Waals surface area (Å²) in [5.74, 6) is -1.38. The highest BCUT2D eigenvalue weighted by Gasteiger charge is 2.64. The van der Waals surface area contributed by atoms with E-state index >= 15 is 0 Å². The number of hydrogen-bond donors (Lipinski definition) is 0. The zero-order valence-corrected chi connectivity index (χ0v) is 17.6. The largest absolute Gasteiger partial charge is 0.377 e. The topological polar surface area (TPSA) is 39.4 Å². The normalized spacial score (nSPS) is 24.8. The average molecular weight is 440 g/mol. The molecule has 1 aromatic heterocycles. The first-order valence-corrected chi connectivity index (χ1v) is 10.3. The number of imidazole rings is 1. The molecule has 5 rings (SSSR count). The summed E-state index contributed by atoms with van der Waals surface area (Å²) in [5.41, 5.74) is 1.10. The Labute approximate surface area is 176 Å². The molecule has 3 heterocycles. The lowest BCUT2D eigenvalue weighted by Gasteiger charge is -2.34. The summed E-state index contributed by atoms with van der Waals surface area (Å²) in [5, 5.41) is -0.0816. The van der Waals surface area contributed by atoms with Crippen molar-refractivity contribution in [2.45, 2.75) is 36.8 Å². The Balaban J connectivity index is 1.51. The molecule has 0 bridgehead atoms. The van der Waals surface area contributed by atoms with Crippen molar-refractivity contribution >= 4 is 29.7 Å². The second-order valence-electron chi connectivity index (χ2n) is 8.26. The molecule has 1 saturated carbocycles. The number of hydrogen-bond acceptors (Lipinski definition) is 3. The first-order chi connectivity index (χ1) is 13.8. The lowest BCUT2D eigenvalue weighted by Crippen LogP contribution is -2.50. The summed E-state index contributed by atoms with van der Waals surface area (Å²) in [6.07, 6.45) is 0.816. The Hall–Kier alpha value is -1.77. The Kier molecular flexibility index (Phi) is 4.21. The fourth-order valence-corrected chi connectivity index (χ4v) is 5.29. The summed E-state index contributed by atoms with van der Waals surface area (Å²) in [4.78, 5) is 14.5. The van der Waals surface area contributed by atoms with Gasteiger partial charge < -0.3 is 18.8 Å². The van der Waals surface area contributed by atoms with Gasteiger partial charge in [0.15, 0.2) is 4.77 Å². The molecule has 2 atom stereocenters. The fourth-order valence-electron chi connectivity index (χ4n) is 4.86. The third kappa shape index (κ3) is 2.58. The van der Waals surface area contributed by atoms with Crippen LogP contribution in [0.2, 0.25) is 5.02 Å². The Morgan fingerprint density at radius 3 is 2.79 bits per heavy atom. The van der Waals surface area contributed by atoms with Crippen molar-refractivity contribution in [2.75, 3.05) is 20.3 Å². The number of ether oxygens (including phenoxy) is 1. The van der Waals surface area contributed by atoms with Crippen LogP contribution in [0.5, 0.6) is 0 Å². The van der Waals surface area contributed by atoms with Gasteiger partial charge in [0, 0.05) is 48.9 Å². The highest BCUT2D eigenvalue weighted by Crippen LogP contribution is 2.67.